The first-order valence-corrected chi connectivity index (χ1v) is 26.9. The van der Waals surface area contributed by atoms with Gasteiger partial charge in [-0.1, -0.05) is 167 Å². The summed E-state index contributed by atoms with van der Waals surface area (Å²) in [6, 6.07) is 74.5. The number of nitrogens with zero attached hydrogens (tertiary/aromatic N) is 2. The molecule has 2 saturated carbocycles. The molecule has 0 unspecified atom stereocenters. The second kappa shape index (κ2) is 15.2. The summed E-state index contributed by atoms with van der Waals surface area (Å²) < 4.78 is 5.32. The van der Waals surface area contributed by atoms with E-state index in [4.69, 9.17) is 0 Å². The van der Waals surface area contributed by atoms with Crippen LogP contribution in [0.4, 0.5) is 17.1 Å². The van der Waals surface area contributed by atoms with Gasteiger partial charge in [-0.05, 0) is 160 Å². The Labute approximate surface area is 420 Å². The molecule has 15 rings (SSSR count). The zero-order valence-corrected chi connectivity index (χ0v) is 41.7. The Morgan fingerprint density at radius 1 is 0.465 bits per heavy atom. The van der Waals surface area contributed by atoms with Gasteiger partial charge in [0, 0.05) is 53.1 Å². The summed E-state index contributed by atoms with van der Waals surface area (Å²) in [6.45, 7) is 9.86. The third-order valence-electron chi connectivity index (χ3n) is 18.0. The number of rotatable bonds is 5. The Morgan fingerprint density at radius 2 is 1.07 bits per heavy atom. The number of anilines is 3. The molecule has 2 fully saturated rings. The molecule has 4 aliphatic rings. The SMILES string of the molecule is CC1CC2CC(C)CC(C1)C21c2ccccc2-n2c3ccccc3c3c(N(c4ccc(-c5ccccc5-c5cccc6sc7ccccc7c56)cc4)c4ccc5c(c4)C(C)(C)c4ccccc4-5)ccc1c32. The molecule has 0 atom stereocenters. The first kappa shape index (κ1) is 41.6. The molecule has 2 nitrogen and oxygen atoms in total. The minimum absolute atomic E-state index is 0.0281. The molecular formula is C68H56N2S. The van der Waals surface area contributed by atoms with Gasteiger partial charge in [0.2, 0.25) is 0 Å². The molecule has 2 aromatic heterocycles. The zero-order valence-electron chi connectivity index (χ0n) is 40.9. The van der Waals surface area contributed by atoms with Gasteiger partial charge < -0.3 is 9.47 Å². The average molecular weight is 933 g/mol. The molecule has 71 heavy (non-hydrogen) atoms. The fraction of sp³-hybridized carbons (Fsp3) is 0.206. The van der Waals surface area contributed by atoms with Crippen molar-refractivity contribution in [3.63, 3.8) is 0 Å². The highest BCUT2D eigenvalue weighted by Crippen LogP contribution is 2.65. The van der Waals surface area contributed by atoms with E-state index < -0.39 is 0 Å². The van der Waals surface area contributed by atoms with Crippen molar-refractivity contribution < 1.29 is 0 Å². The minimum Gasteiger partial charge on any atom is -0.310 e. The second-order valence-corrected chi connectivity index (χ2v) is 23.3. The molecule has 0 radical (unpaired) electrons. The Bertz CT molecular complexity index is 3960. The van der Waals surface area contributed by atoms with Gasteiger partial charge in [-0.25, -0.2) is 0 Å². The van der Waals surface area contributed by atoms with Gasteiger partial charge in [-0.2, -0.15) is 0 Å². The fourth-order valence-corrected chi connectivity index (χ4v) is 16.4. The zero-order chi connectivity index (χ0) is 47.3. The van der Waals surface area contributed by atoms with Crippen LogP contribution in [0.15, 0.2) is 194 Å². The lowest BCUT2D eigenvalue weighted by Crippen LogP contribution is -2.53. The van der Waals surface area contributed by atoms with E-state index in [0.717, 1.165) is 17.5 Å². The molecule has 0 N–H and O–H groups in total. The van der Waals surface area contributed by atoms with Crippen LogP contribution in [-0.2, 0) is 10.8 Å². The Kier molecular flexibility index (Phi) is 8.87. The lowest BCUT2D eigenvalue weighted by Gasteiger charge is -2.59. The topological polar surface area (TPSA) is 8.17 Å². The molecule has 0 saturated heterocycles. The van der Waals surface area contributed by atoms with Gasteiger partial charge in [0.05, 0.1) is 22.4 Å². The van der Waals surface area contributed by atoms with Crippen LogP contribution in [0.2, 0.25) is 0 Å². The van der Waals surface area contributed by atoms with Gasteiger partial charge in [0.15, 0.2) is 0 Å². The highest BCUT2D eigenvalue weighted by Gasteiger charge is 2.57. The standard InChI is InChI=1S/C68H56N2S/c1-41-36-44-38-42(2)39-45(37-41)68(44)56-23-11-13-25-60(56)70-59-24-12-8-19-53(59)65-61(35-34-57(68)66(65)70)69(47-32-33-51-50-18-7-10-22-55(50)67(3,4)58(51)40-47)46-30-28-43(29-31-46)48-16-5-6-17-49(48)52-21-15-27-63-64(52)54-20-9-14-26-62(54)71-63/h5-35,40-42,44-45H,36-39H2,1-4H3. The number of para-hydroxylation sites is 2. The second-order valence-electron chi connectivity index (χ2n) is 22.2. The van der Waals surface area contributed by atoms with E-state index in [9.17, 15) is 0 Å². The van der Waals surface area contributed by atoms with Crippen LogP contribution >= 0.6 is 11.3 Å². The van der Waals surface area contributed by atoms with Crippen LogP contribution < -0.4 is 4.90 Å². The first-order chi connectivity index (χ1) is 34.8. The third kappa shape index (κ3) is 5.70. The predicted molar refractivity (Wildman–Crippen MR) is 301 cm³/mol. The molecular weight excluding hydrogens is 877 g/mol. The van der Waals surface area contributed by atoms with Gasteiger partial charge in [0.25, 0.3) is 0 Å². The van der Waals surface area contributed by atoms with E-state index in [1.54, 1.807) is 11.1 Å². The van der Waals surface area contributed by atoms with Gasteiger partial charge in [-0.15, -0.1) is 11.3 Å². The minimum atomic E-state index is -0.142. The smallest absolute Gasteiger partial charge is 0.0603 e. The largest absolute Gasteiger partial charge is 0.310 e. The van der Waals surface area contributed by atoms with E-state index >= 15 is 0 Å². The number of thiophene rings is 1. The molecule has 9 aromatic carbocycles. The number of aromatic nitrogens is 1. The first-order valence-electron chi connectivity index (χ1n) is 26.1. The highest BCUT2D eigenvalue weighted by molar-refractivity contribution is 7.25. The summed E-state index contributed by atoms with van der Waals surface area (Å²) >= 11 is 1.89. The van der Waals surface area contributed by atoms with Crippen molar-refractivity contribution in [3.05, 3.63) is 216 Å². The molecule has 1 spiro atoms. The molecule has 11 aromatic rings. The van der Waals surface area contributed by atoms with Gasteiger partial charge in [0.1, 0.15) is 0 Å². The van der Waals surface area contributed by atoms with Gasteiger partial charge >= 0.3 is 0 Å². The number of benzene rings is 9. The Hall–Kier alpha value is -7.20. The van der Waals surface area contributed by atoms with Crippen LogP contribution in [0.5, 0.6) is 0 Å². The van der Waals surface area contributed by atoms with E-state index in [2.05, 4.69) is 231 Å². The third-order valence-corrected chi connectivity index (χ3v) is 19.1. The summed E-state index contributed by atoms with van der Waals surface area (Å²) in [5, 5.41) is 5.34. The molecule has 3 heteroatoms. The van der Waals surface area contributed by atoms with E-state index in [-0.39, 0.29) is 10.8 Å². The summed E-state index contributed by atoms with van der Waals surface area (Å²) in [4.78, 5) is 2.60. The predicted octanol–water partition coefficient (Wildman–Crippen LogP) is 19.0. The van der Waals surface area contributed by atoms with E-state index in [1.165, 1.54) is 129 Å². The number of hydrogen-bond donors (Lipinski definition) is 0. The average Bonchev–Trinajstić information content (AvgIpc) is 4.05. The van der Waals surface area contributed by atoms with E-state index in [1.807, 2.05) is 11.3 Å². The van der Waals surface area contributed by atoms with E-state index in [0.29, 0.717) is 11.8 Å². The Balaban J connectivity index is 0.969. The van der Waals surface area contributed by atoms with Crippen molar-refractivity contribution in [2.75, 3.05) is 4.90 Å². The van der Waals surface area contributed by atoms with Crippen molar-refractivity contribution in [1.29, 1.82) is 0 Å². The van der Waals surface area contributed by atoms with Crippen LogP contribution in [0.3, 0.4) is 0 Å². The summed E-state index contributed by atoms with van der Waals surface area (Å²) in [6.07, 6.45) is 5.14. The van der Waals surface area contributed by atoms with Crippen molar-refractivity contribution in [2.45, 2.75) is 64.2 Å². The van der Waals surface area contributed by atoms with Crippen molar-refractivity contribution in [2.24, 2.45) is 23.7 Å². The lowest BCUT2D eigenvalue weighted by atomic mass is 9.46. The van der Waals surface area contributed by atoms with Crippen LogP contribution in [0.1, 0.15) is 75.6 Å². The molecule has 344 valence electrons. The maximum absolute atomic E-state index is 2.67. The van der Waals surface area contributed by atoms with Crippen molar-refractivity contribution in [1.82, 2.24) is 4.57 Å². The summed E-state index contributed by atoms with van der Waals surface area (Å²) in [5.41, 5.74) is 21.0. The molecule has 3 heterocycles. The van der Waals surface area contributed by atoms with Crippen LogP contribution in [-0.4, -0.2) is 4.57 Å². The van der Waals surface area contributed by atoms with Crippen LogP contribution in [0.25, 0.3) is 81.0 Å². The molecule has 1 aliphatic heterocycles. The van der Waals surface area contributed by atoms with Crippen LogP contribution in [0, 0.1) is 23.7 Å². The fourth-order valence-electron chi connectivity index (χ4n) is 15.3. The molecule has 0 amide bonds. The summed E-state index contributed by atoms with van der Waals surface area (Å²) in [5.74, 6) is 2.67. The Morgan fingerprint density at radius 3 is 1.86 bits per heavy atom. The normalized spacial score (nSPS) is 21.5. The van der Waals surface area contributed by atoms with Crippen molar-refractivity contribution >= 4 is 70.4 Å². The number of fused-ring (bicyclic) bond motifs is 11. The maximum Gasteiger partial charge on any atom is 0.0603 e. The lowest BCUT2D eigenvalue weighted by molar-refractivity contribution is 0.0271. The highest BCUT2D eigenvalue weighted by atomic mass is 32.1. The maximum atomic E-state index is 2.67. The summed E-state index contributed by atoms with van der Waals surface area (Å²) in [7, 11) is 0. The number of hydrogen-bond acceptors (Lipinski definition) is 2. The van der Waals surface area contributed by atoms with Gasteiger partial charge in [-0.3, -0.25) is 0 Å². The molecule has 2 bridgehead atoms. The molecule has 3 aliphatic carbocycles. The quantitative estimate of drug-likeness (QED) is 0.167. The van der Waals surface area contributed by atoms with Crippen molar-refractivity contribution in [3.8, 4) is 39.1 Å². The monoisotopic (exact) mass is 932 g/mol.